The first-order valence-electron chi connectivity index (χ1n) is 11.6. The van der Waals surface area contributed by atoms with E-state index < -0.39 is 24.0 Å². The van der Waals surface area contributed by atoms with E-state index in [1.165, 1.54) is 15.8 Å². The maximum absolute atomic E-state index is 13.4. The molecule has 5 rings (SSSR count). The quantitative estimate of drug-likeness (QED) is 0.565. The zero-order valence-corrected chi connectivity index (χ0v) is 19.5. The highest BCUT2D eigenvalue weighted by molar-refractivity contribution is 6.04. The molecule has 2 aliphatic rings. The van der Waals surface area contributed by atoms with Gasteiger partial charge in [-0.15, -0.1) is 0 Å². The van der Waals surface area contributed by atoms with Gasteiger partial charge < -0.3 is 15.2 Å². The first-order valence-corrected chi connectivity index (χ1v) is 11.6. The Bertz CT molecular complexity index is 1270. The average molecular weight is 475 g/mol. The number of aromatic nitrogens is 2. The van der Waals surface area contributed by atoms with Crippen molar-refractivity contribution in [2.24, 2.45) is 5.92 Å². The predicted octanol–water partition coefficient (Wildman–Crippen LogP) is 3.49. The van der Waals surface area contributed by atoms with Crippen LogP contribution in [0, 0.1) is 5.92 Å². The number of anilines is 1. The molecule has 1 aliphatic carbocycles. The largest absolute Gasteiger partial charge is 0.477 e. The van der Waals surface area contributed by atoms with Gasteiger partial charge in [-0.3, -0.25) is 9.69 Å². The molecule has 2 amide bonds. The Morgan fingerprint density at radius 1 is 1.06 bits per heavy atom. The number of nitrogens with zero attached hydrogens (tertiary/aromatic N) is 3. The van der Waals surface area contributed by atoms with Crippen molar-refractivity contribution in [3.63, 3.8) is 0 Å². The van der Waals surface area contributed by atoms with Crippen LogP contribution in [0.2, 0.25) is 0 Å². The van der Waals surface area contributed by atoms with E-state index >= 15 is 0 Å². The summed E-state index contributed by atoms with van der Waals surface area (Å²) >= 11 is 0. The number of carboxylic acid groups (broad SMARTS) is 1. The van der Waals surface area contributed by atoms with E-state index in [4.69, 9.17) is 4.74 Å². The highest BCUT2D eigenvalue weighted by atomic mass is 16.5. The zero-order chi connectivity index (χ0) is 24.7. The van der Waals surface area contributed by atoms with Gasteiger partial charge in [0.1, 0.15) is 24.0 Å². The molecule has 0 radical (unpaired) electrons. The Morgan fingerprint density at radius 2 is 1.69 bits per heavy atom. The fourth-order valence-corrected chi connectivity index (χ4v) is 4.94. The van der Waals surface area contributed by atoms with Gasteiger partial charge in [0.15, 0.2) is 0 Å². The molecule has 9 heteroatoms. The summed E-state index contributed by atoms with van der Waals surface area (Å²) in [6.45, 7) is 4.45. The smallest absolute Gasteiger partial charge is 0.407 e. The third-order valence-electron chi connectivity index (χ3n) is 6.65. The molecular formula is C26H26N4O5. The van der Waals surface area contributed by atoms with Gasteiger partial charge in [-0.05, 0) is 28.2 Å². The molecule has 180 valence electrons. The van der Waals surface area contributed by atoms with Crippen molar-refractivity contribution in [2.45, 2.75) is 32.4 Å². The number of alkyl carbamates (subject to hydrolysis) is 1. The average Bonchev–Trinajstić information content (AvgIpc) is 3.53. The van der Waals surface area contributed by atoms with E-state index in [0.29, 0.717) is 6.54 Å². The van der Waals surface area contributed by atoms with Crippen molar-refractivity contribution >= 4 is 23.8 Å². The molecule has 3 aromatic rings. The van der Waals surface area contributed by atoms with Crippen LogP contribution in [0.25, 0.3) is 11.1 Å². The Balaban J connectivity index is 1.30. The standard InChI is InChI=1S/C26H26N4O5/c1-15(2)22(24(31)29-11-12-30-23(29)20(13-27-30)25(32)33)28-26(34)35-14-21-18-9-5-3-7-16(18)17-8-4-6-10-19(17)21/h3-10,13,15,21-22H,11-12,14H2,1-2H3,(H,28,34)(H,32,33). The molecule has 1 unspecified atom stereocenters. The summed E-state index contributed by atoms with van der Waals surface area (Å²) in [4.78, 5) is 39.1. The molecule has 0 fully saturated rings. The van der Waals surface area contributed by atoms with Crippen LogP contribution in [0.3, 0.4) is 0 Å². The monoisotopic (exact) mass is 474 g/mol. The number of nitrogens with one attached hydrogen (secondary N) is 1. The van der Waals surface area contributed by atoms with Crippen LogP contribution in [-0.2, 0) is 16.1 Å². The maximum Gasteiger partial charge on any atom is 0.407 e. The maximum atomic E-state index is 13.4. The fraction of sp³-hybridized carbons (Fsp3) is 0.308. The van der Waals surface area contributed by atoms with Crippen molar-refractivity contribution in [1.29, 1.82) is 0 Å². The van der Waals surface area contributed by atoms with Crippen LogP contribution >= 0.6 is 0 Å². The highest BCUT2D eigenvalue weighted by Gasteiger charge is 2.37. The molecule has 1 atom stereocenters. The lowest BCUT2D eigenvalue weighted by Gasteiger charge is -2.26. The molecule has 1 aliphatic heterocycles. The number of hydrogen-bond acceptors (Lipinski definition) is 5. The molecule has 9 nitrogen and oxygen atoms in total. The lowest BCUT2D eigenvalue weighted by Crippen LogP contribution is -2.51. The van der Waals surface area contributed by atoms with Crippen molar-refractivity contribution in [2.75, 3.05) is 18.1 Å². The summed E-state index contributed by atoms with van der Waals surface area (Å²) in [5, 5.41) is 16.2. The van der Waals surface area contributed by atoms with Crippen LogP contribution in [0.15, 0.2) is 54.7 Å². The molecule has 0 saturated carbocycles. The molecule has 2 N–H and O–H groups in total. The molecule has 0 saturated heterocycles. The SMILES string of the molecule is CC(C)C(NC(=O)OCC1c2ccccc2-c2ccccc21)C(=O)N1CCn2ncc(C(=O)O)c21. The van der Waals surface area contributed by atoms with Crippen LogP contribution in [0.5, 0.6) is 0 Å². The predicted molar refractivity (Wildman–Crippen MR) is 128 cm³/mol. The summed E-state index contributed by atoms with van der Waals surface area (Å²) < 4.78 is 7.11. The Labute approximate surface area is 202 Å². The number of rotatable bonds is 6. The second-order valence-electron chi connectivity index (χ2n) is 9.09. The Hall–Kier alpha value is -4.14. The molecule has 35 heavy (non-hydrogen) atoms. The molecule has 0 spiro atoms. The molecule has 2 heterocycles. The van der Waals surface area contributed by atoms with Crippen molar-refractivity contribution in [3.05, 3.63) is 71.4 Å². The van der Waals surface area contributed by atoms with Crippen molar-refractivity contribution < 1.29 is 24.2 Å². The second-order valence-corrected chi connectivity index (χ2v) is 9.09. The summed E-state index contributed by atoms with van der Waals surface area (Å²) in [5.41, 5.74) is 4.42. The minimum Gasteiger partial charge on any atom is -0.477 e. The molecule has 2 aromatic carbocycles. The minimum atomic E-state index is -1.16. The minimum absolute atomic E-state index is 0.0421. The second kappa shape index (κ2) is 8.90. The highest BCUT2D eigenvalue weighted by Crippen LogP contribution is 2.44. The van der Waals surface area contributed by atoms with E-state index in [-0.39, 0.29) is 36.4 Å². The number of aromatic carboxylic acids is 1. The first-order chi connectivity index (χ1) is 16.9. The first kappa shape index (κ1) is 22.6. The Kier molecular flexibility index (Phi) is 5.76. The van der Waals surface area contributed by atoms with Crippen molar-refractivity contribution in [3.8, 4) is 11.1 Å². The summed E-state index contributed by atoms with van der Waals surface area (Å²) in [6, 6.07) is 15.2. The van der Waals surface area contributed by atoms with E-state index in [1.54, 1.807) is 0 Å². The zero-order valence-electron chi connectivity index (χ0n) is 19.5. The fourth-order valence-electron chi connectivity index (χ4n) is 4.94. The van der Waals surface area contributed by atoms with Crippen LogP contribution < -0.4 is 10.2 Å². The van der Waals surface area contributed by atoms with Gasteiger partial charge in [0.25, 0.3) is 5.91 Å². The normalized spacial score (nSPS) is 14.9. The number of benzene rings is 2. The summed E-state index contributed by atoms with van der Waals surface area (Å²) in [5.74, 6) is -1.64. The number of carbonyl (C=O) groups is 3. The lowest BCUT2D eigenvalue weighted by atomic mass is 9.98. The topological polar surface area (TPSA) is 114 Å². The number of hydrogen-bond donors (Lipinski definition) is 2. The molecule has 1 aromatic heterocycles. The van der Waals surface area contributed by atoms with Crippen LogP contribution in [0.4, 0.5) is 10.6 Å². The number of carbonyl (C=O) groups excluding carboxylic acids is 2. The van der Waals surface area contributed by atoms with E-state index in [9.17, 15) is 19.5 Å². The van der Waals surface area contributed by atoms with Gasteiger partial charge in [-0.1, -0.05) is 62.4 Å². The van der Waals surface area contributed by atoms with Gasteiger partial charge in [-0.2, -0.15) is 5.10 Å². The number of amides is 2. The van der Waals surface area contributed by atoms with Gasteiger partial charge in [0.05, 0.1) is 12.7 Å². The van der Waals surface area contributed by atoms with Gasteiger partial charge >= 0.3 is 12.1 Å². The number of fused-ring (bicyclic) bond motifs is 4. The van der Waals surface area contributed by atoms with Gasteiger partial charge in [-0.25, -0.2) is 14.3 Å². The lowest BCUT2D eigenvalue weighted by molar-refractivity contribution is -0.121. The number of ether oxygens (including phenoxy) is 1. The Morgan fingerprint density at radius 3 is 2.29 bits per heavy atom. The third kappa shape index (κ3) is 3.92. The summed E-state index contributed by atoms with van der Waals surface area (Å²) in [7, 11) is 0. The molecular weight excluding hydrogens is 448 g/mol. The molecule has 0 bridgehead atoms. The van der Waals surface area contributed by atoms with Crippen LogP contribution in [-0.4, -0.2) is 52.1 Å². The van der Waals surface area contributed by atoms with Gasteiger partial charge in [0, 0.05) is 12.5 Å². The third-order valence-corrected chi connectivity index (χ3v) is 6.65. The summed E-state index contributed by atoms with van der Waals surface area (Å²) in [6.07, 6.45) is 0.547. The van der Waals surface area contributed by atoms with E-state index in [0.717, 1.165) is 22.3 Å². The van der Waals surface area contributed by atoms with Crippen LogP contribution in [0.1, 0.15) is 41.3 Å². The van der Waals surface area contributed by atoms with Gasteiger partial charge in [0.2, 0.25) is 0 Å². The van der Waals surface area contributed by atoms with E-state index in [2.05, 4.69) is 22.5 Å². The number of carboxylic acids is 1. The van der Waals surface area contributed by atoms with E-state index in [1.807, 2.05) is 50.2 Å². The van der Waals surface area contributed by atoms with Crippen molar-refractivity contribution in [1.82, 2.24) is 15.1 Å².